The van der Waals surface area contributed by atoms with Crippen LogP contribution >= 0.6 is 15.9 Å². The third kappa shape index (κ3) is 5.33. The molecule has 0 aliphatic heterocycles. The Bertz CT molecular complexity index is 1120. The standard InChI is InChI=1S/C20H19BrN4O3S/c1-25(2)19-11-8-17(13-22-19)23-20(26)14-4-3-5-16(12-14)24-29(27,28)18-9-6-15(21)7-10-18/h3-13,24H,1-2H3,(H,23,26). The predicted octanol–water partition coefficient (Wildman–Crippen LogP) is 3.96. The van der Waals surface area contributed by atoms with Crippen molar-refractivity contribution in [2.75, 3.05) is 29.0 Å². The van der Waals surface area contributed by atoms with E-state index in [4.69, 9.17) is 0 Å². The van der Waals surface area contributed by atoms with Crippen LogP contribution in [-0.4, -0.2) is 33.4 Å². The summed E-state index contributed by atoms with van der Waals surface area (Å²) in [6, 6.07) is 16.1. The first-order chi connectivity index (χ1) is 13.7. The van der Waals surface area contributed by atoms with Gasteiger partial charge >= 0.3 is 0 Å². The second kappa shape index (κ2) is 8.62. The molecule has 150 valence electrons. The van der Waals surface area contributed by atoms with Crippen molar-refractivity contribution in [1.82, 2.24) is 4.98 Å². The number of sulfonamides is 1. The van der Waals surface area contributed by atoms with E-state index in [1.54, 1.807) is 48.7 Å². The van der Waals surface area contributed by atoms with Gasteiger partial charge in [-0.25, -0.2) is 13.4 Å². The zero-order valence-electron chi connectivity index (χ0n) is 15.8. The number of nitrogens with zero attached hydrogens (tertiary/aromatic N) is 2. The van der Waals surface area contributed by atoms with Gasteiger partial charge in [0.05, 0.1) is 16.8 Å². The van der Waals surface area contributed by atoms with Gasteiger partial charge in [0.1, 0.15) is 5.82 Å². The first-order valence-corrected chi connectivity index (χ1v) is 10.9. The SMILES string of the molecule is CN(C)c1ccc(NC(=O)c2cccc(NS(=O)(=O)c3ccc(Br)cc3)c2)cn1. The van der Waals surface area contributed by atoms with Crippen LogP contribution in [-0.2, 0) is 10.0 Å². The molecule has 7 nitrogen and oxygen atoms in total. The van der Waals surface area contributed by atoms with E-state index in [9.17, 15) is 13.2 Å². The highest BCUT2D eigenvalue weighted by Crippen LogP contribution is 2.20. The minimum Gasteiger partial charge on any atom is -0.363 e. The molecule has 1 aromatic heterocycles. The molecule has 0 fully saturated rings. The summed E-state index contributed by atoms with van der Waals surface area (Å²) in [7, 11) is -0.00877. The maximum Gasteiger partial charge on any atom is 0.261 e. The second-order valence-corrected chi connectivity index (χ2v) is 8.99. The highest BCUT2D eigenvalue weighted by molar-refractivity contribution is 9.10. The predicted molar refractivity (Wildman–Crippen MR) is 118 cm³/mol. The molecule has 0 unspecified atom stereocenters. The van der Waals surface area contributed by atoms with Crippen LogP contribution in [0.25, 0.3) is 0 Å². The van der Waals surface area contributed by atoms with Crippen molar-refractivity contribution in [2.24, 2.45) is 0 Å². The summed E-state index contributed by atoms with van der Waals surface area (Å²) in [6.45, 7) is 0. The summed E-state index contributed by atoms with van der Waals surface area (Å²) in [5.41, 5.74) is 1.15. The number of aromatic nitrogens is 1. The average molecular weight is 475 g/mol. The topological polar surface area (TPSA) is 91.4 Å². The number of hydrogen-bond donors (Lipinski definition) is 2. The zero-order valence-corrected chi connectivity index (χ0v) is 18.2. The summed E-state index contributed by atoms with van der Waals surface area (Å²) in [5, 5.41) is 2.75. The number of amides is 1. The number of pyridine rings is 1. The van der Waals surface area contributed by atoms with E-state index >= 15 is 0 Å². The molecule has 1 amide bonds. The molecule has 0 radical (unpaired) electrons. The minimum atomic E-state index is -3.76. The van der Waals surface area contributed by atoms with Crippen LogP contribution in [0.5, 0.6) is 0 Å². The van der Waals surface area contributed by atoms with Crippen molar-refractivity contribution in [3.05, 3.63) is 76.9 Å². The molecular weight excluding hydrogens is 456 g/mol. The third-order valence-electron chi connectivity index (χ3n) is 3.96. The lowest BCUT2D eigenvalue weighted by Gasteiger charge is -2.12. The number of halogens is 1. The first kappa shape index (κ1) is 20.8. The molecule has 0 aliphatic rings. The Balaban J connectivity index is 1.74. The number of anilines is 3. The van der Waals surface area contributed by atoms with E-state index < -0.39 is 10.0 Å². The molecule has 2 aromatic carbocycles. The fourth-order valence-corrected chi connectivity index (χ4v) is 3.79. The van der Waals surface area contributed by atoms with E-state index in [-0.39, 0.29) is 10.8 Å². The first-order valence-electron chi connectivity index (χ1n) is 8.58. The zero-order chi connectivity index (χ0) is 21.0. The van der Waals surface area contributed by atoms with E-state index in [0.29, 0.717) is 16.9 Å². The molecule has 2 N–H and O–H groups in total. The molecule has 1 heterocycles. The number of nitrogens with one attached hydrogen (secondary N) is 2. The Labute approximate surface area is 178 Å². The number of carbonyl (C=O) groups excluding carboxylic acids is 1. The largest absolute Gasteiger partial charge is 0.363 e. The van der Waals surface area contributed by atoms with Gasteiger partial charge in [-0.15, -0.1) is 0 Å². The minimum absolute atomic E-state index is 0.127. The highest BCUT2D eigenvalue weighted by atomic mass is 79.9. The van der Waals surface area contributed by atoms with Gasteiger partial charge < -0.3 is 10.2 Å². The number of benzene rings is 2. The van der Waals surface area contributed by atoms with Crippen LogP contribution in [0.15, 0.2) is 76.2 Å². The molecule has 3 rings (SSSR count). The third-order valence-corrected chi connectivity index (χ3v) is 5.89. The lowest BCUT2D eigenvalue weighted by molar-refractivity contribution is 0.102. The molecule has 0 bridgehead atoms. The van der Waals surface area contributed by atoms with E-state index in [1.807, 2.05) is 19.0 Å². The van der Waals surface area contributed by atoms with Gasteiger partial charge in [0.25, 0.3) is 15.9 Å². The van der Waals surface area contributed by atoms with Gasteiger partial charge in [-0.1, -0.05) is 22.0 Å². The van der Waals surface area contributed by atoms with Crippen molar-refractivity contribution >= 4 is 49.1 Å². The number of rotatable bonds is 6. The van der Waals surface area contributed by atoms with Crippen LogP contribution in [0.1, 0.15) is 10.4 Å². The van der Waals surface area contributed by atoms with Crippen molar-refractivity contribution in [3.8, 4) is 0 Å². The maximum atomic E-state index is 12.5. The molecule has 3 aromatic rings. The number of carbonyl (C=O) groups is 1. The average Bonchev–Trinajstić information content (AvgIpc) is 2.68. The fraction of sp³-hybridized carbons (Fsp3) is 0.100. The van der Waals surface area contributed by atoms with Crippen molar-refractivity contribution in [3.63, 3.8) is 0 Å². The van der Waals surface area contributed by atoms with Crippen LogP contribution < -0.4 is 14.9 Å². The molecule has 0 saturated carbocycles. The molecule has 0 atom stereocenters. The van der Waals surface area contributed by atoms with Crippen molar-refractivity contribution in [2.45, 2.75) is 4.90 Å². The van der Waals surface area contributed by atoms with Crippen molar-refractivity contribution < 1.29 is 13.2 Å². The Morgan fingerprint density at radius 1 is 1.00 bits per heavy atom. The molecular formula is C20H19BrN4O3S. The van der Waals surface area contributed by atoms with E-state index in [0.717, 1.165) is 10.3 Å². The smallest absolute Gasteiger partial charge is 0.261 e. The molecule has 9 heteroatoms. The van der Waals surface area contributed by atoms with Gasteiger partial charge in [-0.2, -0.15) is 0 Å². The van der Waals surface area contributed by atoms with Gasteiger partial charge in [0, 0.05) is 29.8 Å². The van der Waals surface area contributed by atoms with Crippen LogP contribution in [0.4, 0.5) is 17.2 Å². The number of hydrogen-bond acceptors (Lipinski definition) is 5. The second-order valence-electron chi connectivity index (χ2n) is 6.39. The summed E-state index contributed by atoms with van der Waals surface area (Å²) >= 11 is 3.28. The van der Waals surface area contributed by atoms with E-state index in [1.165, 1.54) is 18.2 Å². The lowest BCUT2D eigenvalue weighted by atomic mass is 10.2. The molecule has 29 heavy (non-hydrogen) atoms. The molecule has 0 saturated heterocycles. The maximum absolute atomic E-state index is 12.5. The van der Waals surface area contributed by atoms with Gasteiger partial charge in [0.15, 0.2) is 0 Å². The Morgan fingerprint density at radius 3 is 2.34 bits per heavy atom. The fourth-order valence-electron chi connectivity index (χ4n) is 2.48. The summed E-state index contributed by atoms with van der Waals surface area (Å²) in [5.74, 6) is 0.404. The molecule has 0 aliphatic carbocycles. The summed E-state index contributed by atoms with van der Waals surface area (Å²) < 4.78 is 28.3. The van der Waals surface area contributed by atoms with Crippen molar-refractivity contribution in [1.29, 1.82) is 0 Å². The Hall–Kier alpha value is -2.91. The monoisotopic (exact) mass is 474 g/mol. The Morgan fingerprint density at radius 2 is 1.72 bits per heavy atom. The van der Waals surface area contributed by atoms with Crippen LogP contribution in [0, 0.1) is 0 Å². The van der Waals surface area contributed by atoms with Gasteiger partial charge in [-0.05, 0) is 54.6 Å². The summed E-state index contributed by atoms with van der Waals surface area (Å²) in [6.07, 6.45) is 1.56. The molecule has 0 spiro atoms. The van der Waals surface area contributed by atoms with Crippen LogP contribution in [0.3, 0.4) is 0 Å². The van der Waals surface area contributed by atoms with Gasteiger partial charge in [0.2, 0.25) is 0 Å². The van der Waals surface area contributed by atoms with Gasteiger partial charge in [-0.3, -0.25) is 9.52 Å². The Kier molecular flexibility index (Phi) is 6.19. The lowest BCUT2D eigenvalue weighted by Crippen LogP contribution is -2.15. The van der Waals surface area contributed by atoms with E-state index in [2.05, 4.69) is 31.0 Å². The normalized spacial score (nSPS) is 11.0. The highest BCUT2D eigenvalue weighted by Gasteiger charge is 2.15. The summed E-state index contributed by atoms with van der Waals surface area (Å²) in [4.78, 5) is 18.8. The quantitative estimate of drug-likeness (QED) is 0.563. The van der Waals surface area contributed by atoms with Crippen LogP contribution in [0.2, 0.25) is 0 Å².